The van der Waals surface area contributed by atoms with E-state index in [4.69, 9.17) is 0 Å². The molecule has 4 rings (SSSR count). The molecular formula is C19H24N4O3S2. The van der Waals surface area contributed by atoms with Crippen LogP contribution in [0.4, 0.5) is 0 Å². The predicted octanol–water partition coefficient (Wildman–Crippen LogP) is 1.89. The summed E-state index contributed by atoms with van der Waals surface area (Å²) in [7, 11) is -3.58. The van der Waals surface area contributed by atoms with Crippen LogP contribution in [0.3, 0.4) is 0 Å². The van der Waals surface area contributed by atoms with Gasteiger partial charge in [-0.2, -0.15) is 4.31 Å². The van der Waals surface area contributed by atoms with Gasteiger partial charge in [-0.05, 0) is 35.9 Å². The molecule has 2 aromatic rings. The molecule has 0 aromatic carbocycles. The van der Waals surface area contributed by atoms with E-state index in [-0.39, 0.29) is 10.8 Å². The number of hydrogen-bond acceptors (Lipinski definition) is 6. The highest BCUT2D eigenvalue weighted by molar-refractivity contribution is 7.89. The Bertz CT molecular complexity index is 916. The summed E-state index contributed by atoms with van der Waals surface area (Å²) in [6, 6.07) is 5.55. The number of sulfonamides is 1. The van der Waals surface area contributed by atoms with E-state index in [1.807, 2.05) is 18.3 Å². The number of amides is 1. The van der Waals surface area contributed by atoms with Crippen LogP contribution in [0.5, 0.6) is 0 Å². The Hall–Kier alpha value is -1.81. The van der Waals surface area contributed by atoms with Gasteiger partial charge in [0.1, 0.15) is 9.77 Å². The second-order valence-electron chi connectivity index (χ2n) is 7.15. The number of pyridine rings is 1. The van der Waals surface area contributed by atoms with Crippen molar-refractivity contribution in [2.24, 2.45) is 0 Å². The average Bonchev–Trinajstić information content (AvgIpc) is 3.41. The number of piperazine rings is 1. The van der Waals surface area contributed by atoms with E-state index < -0.39 is 10.0 Å². The monoisotopic (exact) mass is 420 g/mol. The largest absolute Gasteiger partial charge is 0.335 e. The van der Waals surface area contributed by atoms with Crippen LogP contribution < -0.4 is 0 Å². The molecule has 1 amide bonds. The molecule has 0 atom stereocenters. The molecule has 2 fully saturated rings. The molecule has 0 radical (unpaired) electrons. The SMILES string of the molecule is O=C(c1sccc1S(=O)(=O)N1CCCC1)N1CCN(Cc2cccnc2)CC1. The van der Waals surface area contributed by atoms with Gasteiger partial charge in [0.25, 0.3) is 5.91 Å². The van der Waals surface area contributed by atoms with E-state index in [1.54, 1.807) is 22.5 Å². The molecule has 0 saturated carbocycles. The van der Waals surface area contributed by atoms with Crippen LogP contribution in [-0.2, 0) is 16.6 Å². The van der Waals surface area contributed by atoms with E-state index in [0.717, 1.165) is 38.0 Å². The number of hydrogen-bond donors (Lipinski definition) is 0. The summed E-state index contributed by atoms with van der Waals surface area (Å²) in [6.07, 6.45) is 5.38. The minimum atomic E-state index is -3.58. The Balaban J connectivity index is 1.42. The van der Waals surface area contributed by atoms with Gasteiger partial charge in [0.15, 0.2) is 0 Å². The number of rotatable bonds is 5. The van der Waals surface area contributed by atoms with Gasteiger partial charge in [0.05, 0.1) is 0 Å². The summed E-state index contributed by atoms with van der Waals surface area (Å²) < 4.78 is 27.3. The number of carbonyl (C=O) groups excluding carboxylic acids is 1. The molecule has 4 heterocycles. The van der Waals surface area contributed by atoms with Crippen LogP contribution in [0.25, 0.3) is 0 Å². The first-order valence-corrected chi connectivity index (χ1v) is 11.9. The van der Waals surface area contributed by atoms with Gasteiger partial charge >= 0.3 is 0 Å². The van der Waals surface area contributed by atoms with Gasteiger partial charge in [0.2, 0.25) is 10.0 Å². The summed E-state index contributed by atoms with van der Waals surface area (Å²) in [4.78, 5) is 21.7. The lowest BCUT2D eigenvalue weighted by Gasteiger charge is -2.34. The second-order valence-corrected chi connectivity index (χ2v) is 9.98. The first-order valence-electron chi connectivity index (χ1n) is 9.54. The van der Waals surface area contributed by atoms with Crippen LogP contribution in [0.1, 0.15) is 28.1 Å². The molecule has 150 valence electrons. The third-order valence-corrected chi connectivity index (χ3v) is 8.27. The van der Waals surface area contributed by atoms with Crippen LogP contribution in [0.2, 0.25) is 0 Å². The van der Waals surface area contributed by atoms with Crippen molar-refractivity contribution < 1.29 is 13.2 Å². The second kappa shape index (κ2) is 8.28. The van der Waals surface area contributed by atoms with Crippen LogP contribution in [0, 0.1) is 0 Å². The molecule has 7 nitrogen and oxygen atoms in total. The van der Waals surface area contributed by atoms with E-state index >= 15 is 0 Å². The maximum atomic E-state index is 13.0. The Morgan fingerprint density at radius 2 is 1.82 bits per heavy atom. The molecule has 0 spiro atoms. The van der Waals surface area contributed by atoms with Gasteiger partial charge in [-0.1, -0.05) is 6.07 Å². The number of nitrogens with zero attached hydrogens (tertiary/aromatic N) is 4. The first-order chi connectivity index (χ1) is 13.6. The molecule has 2 aromatic heterocycles. The summed E-state index contributed by atoms with van der Waals surface area (Å²) in [6.45, 7) is 4.61. The zero-order valence-corrected chi connectivity index (χ0v) is 17.3. The lowest BCUT2D eigenvalue weighted by atomic mass is 10.2. The van der Waals surface area contributed by atoms with E-state index in [0.29, 0.717) is 31.1 Å². The Morgan fingerprint density at radius 1 is 1.07 bits per heavy atom. The van der Waals surface area contributed by atoms with Gasteiger partial charge in [0, 0.05) is 58.2 Å². The zero-order chi connectivity index (χ0) is 19.6. The smallest absolute Gasteiger partial charge is 0.265 e. The van der Waals surface area contributed by atoms with Crippen molar-refractivity contribution in [3.05, 3.63) is 46.4 Å². The predicted molar refractivity (Wildman–Crippen MR) is 108 cm³/mol. The lowest BCUT2D eigenvalue weighted by molar-refractivity contribution is 0.0629. The lowest BCUT2D eigenvalue weighted by Crippen LogP contribution is -2.48. The molecule has 0 bridgehead atoms. The topological polar surface area (TPSA) is 73.8 Å². The van der Waals surface area contributed by atoms with E-state index in [9.17, 15) is 13.2 Å². The molecule has 28 heavy (non-hydrogen) atoms. The molecule has 2 aliphatic heterocycles. The highest BCUT2D eigenvalue weighted by atomic mass is 32.2. The molecule has 0 N–H and O–H groups in total. The Kier molecular flexibility index (Phi) is 5.77. The van der Waals surface area contributed by atoms with Gasteiger partial charge in [-0.3, -0.25) is 14.7 Å². The quantitative estimate of drug-likeness (QED) is 0.739. The normalized spacial score (nSPS) is 19.2. The fourth-order valence-electron chi connectivity index (χ4n) is 3.73. The van der Waals surface area contributed by atoms with Crippen molar-refractivity contribution in [3.63, 3.8) is 0 Å². The third kappa shape index (κ3) is 3.98. The third-order valence-electron chi connectivity index (χ3n) is 5.29. The highest BCUT2D eigenvalue weighted by Gasteiger charge is 2.33. The summed E-state index contributed by atoms with van der Waals surface area (Å²) in [5.74, 6) is -0.172. The molecular weight excluding hydrogens is 396 g/mol. The standard InChI is InChI=1S/C19H24N4O3S2/c24-19(18-17(5-13-27-18)28(25,26)23-7-1-2-8-23)22-11-9-21(10-12-22)15-16-4-3-6-20-14-16/h3-6,13-14H,1-2,7-12,15H2. The number of thiophene rings is 1. The molecule has 0 aliphatic carbocycles. The summed E-state index contributed by atoms with van der Waals surface area (Å²) >= 11 is 1.22. The first kappa shape index (κ1) is 19.5. The van der Waals surface area contributed by atoms with E-state index in [1.165, 1.54) is 15.6 Å². The van der Waals surface area contributed by atoms with Crippen molar-refractivity contribution in [3.8, 4) is 0 Å². The van der Waals surface area contributed by atoms with Crippen LogP contribution >= 0.6 is 11.3 Å². The van der Waals surface area contributed by atoms with Gasteiger partial charge < -0.3 is 4.90 Å². The van der Waals surface area contributed by atoms with Crippen molar-refractivity contribution in [2.45, 2.75) is 24.3 Å². The number of carbonyl (C=O) groups is 1. The van der Waals surface area contributed by atoms with Crippen molar-refractivity contribution in [1.29, 1.82) is 0 Å². The van der Waals surface area contributed by atoms with E-state index in [2.05, 4.69) is 9.88 Å². The van der Waals surface area contributed by atoms with Crippen molar-refractivity contribution in [2.75, 3.05) is 39.3 Å². The summed E-state index contributed by atoms with van der Waals surface area (Å²) in [5.41, 5.74) is 1.15. The Morgan fingerprint density at radius 3 is 2.50 bits per heavy atom. The molecule has 9 heteroatoms. The zero-order valence-electron chi connectivity index (χ0n) is 15.7. The number of aromatic nitrogens is 1. The van der Waals surface area contributed by atoms with Crippen LogP contribution in [0.15, 0.2) is 40.9 Å². The molecule has 2 saturated heterocycles. The van der Waals surface area contributed by atoms with Gasteiger partial charge in [-0.15, -0.1) is 11.3 Å². The average molecular weight is 421 g/mol. The summed E-state index contributed by atoms with van der Waals surface area (Å²) in [5, 5.41) is 1.70. The van der Waals surface area contributed by atoms with Crippen molar-refractivity contribution in [1.82, 2.24) is 19.1 Å². The minimum Gasteiger partial charge on any atom is -0.335 e. The Labute approximate surface area is 169 Å². The maximum Gasteiger partial charge on any atom is 0.265 e. The van der Waals surface area contributed by atoms with Crippen molar-refractivity contribution >= 4 is 27.3 Å². The highest BCUT2D eigenvalue weighted by Crippen LogP contribution is 2.29. The van der Waals surface area contributed by atoms with Gasteiger partial charge in [-0.25, -0.2) is 8.42 Å². The maximum absolute atomic E-state index is 13.0. The minimum absolute atomic E-state index is 0.169. The van der Waals surface area contributed by atoms with Crippen LogP contribution in [-0.4, -0.2) is 72.7 Å². The fourth-order valence-corrected chi connectivity index (χ4v) is 6.61. The molecule has 2 aliphatic rings. The molecule has 0 unspecified atom stereocenters. The fraction of sp³-hybridized carbons (Fsp3) is 0.474.